The highest BCUT2D eigenvalue weighted by molar-refractivity contribution is 5.42. The first-order valence-corrected chi connectivity index (χ1v) is 12.6. The zero-order valence-electron chi connectivity index (χ0n) is 24.5. The van der Waals surface area contributed by atoms with Crippen LogP contribution in [0.2, 0.25) is 0 Å². The van der Waals surface area contributed by atoms with Gasteiger partial charge >= 0.3 is 0 Å². The van der Waals surface area contributed by atoms with E-state index in [1.165, 1.54) is 28.3 Å². The van der Waals surface area contributed by atoms with Gasteiger partial charge in [0.15, 0.2) is 11.5 Å². The van der Waals surface area contributed by atoms with Crippen LogP contribution >= 0.6 is 0 Å². The van der Waals surface area contributed by atoms with E-state index in [1.807, 2.05) is 25.1 Å². The third kappa shape index (κ3) is 9.60. The van der Waals surface area contributed by atoms with Gasteiger partial charge in [0, 0.05) is 0 Å². The zero-order chi connectivity index (χ0) is 28.1. The Hall–Kier alpha value is -2.94. The number of benzene rings is 3. The number of aryl methyl sites for hydroxylation is 3. The highest BCUT2D eigenvalue weighted by Crippen LogP contribution is 2.31. The summed E-state index contributed by atoms with van der Waals surface area (Å²) in [6.07, 6.45) is 0. The van der Waals surface area contributed by atoms with Crippen molar-refractivity contribution in [1.29, 1.82) is 0 Å². The molecule has 3 heteroatoms. The summed E-state index contributed by atoms with van der Waals surface area (Å²) in [5, 5.41) is 27.6. The molecule has 0 aliphatic carbocycles. The lowest BCUT2D eigenvalue weighted by Crippen LogP contribution is -2.11. The van der Waals surface area contributed by atoms with E-state index < -0.39 is 0 Å². The van der Waals surface area contributed by atoms with Gasteiger partial charge < -0.3 is 15.3 Å². The fraction of sp³-hybridized carbons (Fsp3) is 0.455. The van der Waals surface area contributed by atoms with Gasteiger partial charge in [0.2, 0.25) is 0 Å². The molecule has 0 aliphatic rings. The van der Waals surface area contributed by atoms with E-state index in [2.05, 4.69) is 94.4 Å². The molecule has 36 heavy (non-hydrogen) atoms. The van der Waals surface area contributed by atoms with Crippen molar-refractivity contribution in [2.45, 2.75) is 99.3 Å². The van der Waals surface area contributed by atoms with Crippen LogP contribution in [0.15, 0.2) is 54.6 Å². The molecule has 0 fully saturated rings. The average molecular weight is 493 g/mol. The second-order valence-electron chi connectivity index (χ2n) is 12.8. The summed E-state index contributed by atoms with van der Waals surface area (Å²) in [7, 11) is 0. The maximum atomic E-state index is 9.31. The monoisotopic (exact) mass is 492 g/mol. The van der Waals surface area contributed by atoms with Crippen molar-refractivity contribution >= 4 is 0 Å². The Morgan fingerprint density at radius 1 is 0.389 bits per heavy atom. The Morgan fingerprint density at radius 2 is 0.750 bits per heavy atom. The van der Waals surface area contributed by atoms with E-state index in [0.717, 1.165) is 11.1 Å². The second-order valence-corrected chi connectivity index (χ2v) is 12.8. The Morgan fingerprint density at radius 3 is 1.11 bits per heavy atom. The van der Waals surface area contributed by atoms with E-state index in [9.17, 15) is 10.2 Å². The standard InChI is InChI=1S/C12H18.C11H16O.C10H14O2/c1-9-6-7-11(8-10(9)2)12(3,4)5;1-8-7-9(11(2,3)4)5-6-10(8)12;1-10(2,3)7-4-5-8(11)9(12)6-7/h6-8H,1-5H3;5-7,12H,1-4H3;4-6,11-12H,1-3H3. The van der Waals surface area contributed by atoms with Crippen molar-refractivity contribution in [1.82, 2.24) is 0 Å². The molecule has 0 saturated heterocycles. The van der Waals surface area contributed by atoms with E-state index in [4.69, 9.17) is 5.11 Å². The highest BCUT2D eigenvalue weighted by atomic mass is 16.3. The maximum Gasteiger partial charge on any atom is 0.157 e. The van der Waals surface area contributed by atoms with Gasteiger partial charge in [0.05, 0.1) is 0 Å². The Kier molecular flexibility index (Phi) is 10.2. The van der Waals surface area contributed by atoms with E-state index in [1.54, 1.807) is 12.1 Å². The minimum atomic E-state index is -0.0667. The van der Waals surface area contributed by atoms with Crippen molar-refractivity contribution in [3.63, 3.8) is 0 Å². The summed E-state index contributed by atoms with van der Waals surface area (Å²) in [5.74, 6) is 0.258. The molecule has 198 valence electrons. The Bertz CT molecular complexity index is 991. The summed E-state index contributed by atoms with van der Waals surface area (Å²) in [6.45, 7) is 25.6. The zero-order valence-corrected chi connectivity index (χ0v) is 24.5. The molecule has 3 rings (SSSR count). The van der Waals surface area contributed by atoms with Crippen molar-refractivity contribution in [2.24, 2.45) is 0 Å². The van der Waals surface area contributed by atoms with E-state index >= 15 is 0 Å². The van der Waals surface area contributed by atoms with Crippen LogP contribution in [0.4, 0.5) is 0 Å². The smallest absolute Gasteiger partial charge is 0.157 e. The highest BCUT2D eigenvalue weighted by Gasteiger charge is 2.15. The Balaban J connectivity index is 0.000000270. The fourth-order valence-electron chi connectivity index (χ4n) is 3.32. The lowest BCUT2D eigenvalue weighted by Gasteiger charge is -2.19. The molecular formula is C33H48O3. The largest absolute Gasteiger partial charge is 0.508 e. The summed E-state index contributed by atoms with van der Waals surface area (Å²) < 4.78 is 0. The first kappa shape index (κ1) is 31.1. The van der Waals surface area contributed by atoms with Gasteiger partial charge in [-0.3, -0.25) is 0 Å². The maximum absolute atomic E-state index is 9.31. The lowest BCUT2D eigenvalue weighted by atomic mass is 9.85. The predicted molar refractivity (Wildman–Crippen MR) is 155 cm³/mol. The summed E-state index contributed by atoms with van der Waals surface area (Å²) in [4.78, 5) is 0. The quantitative estimate of drug-likeness (QED) is 0.274. The predicted octanol–water partition coefficient (Wildman–Crippen LogP) is 8.99. The number of hydrogen-bond donors (Lipinski definition) is 3. The number of rotatable bonds is 0. The molecule has 0 unspecified atom stereocenters. The molecule has 0 aromatic heterocycles. The lowest BCUT2D eigenvalue weighted by molar-refractivity contribution is 0.401. The van der Waals surface area contributed by atoms with Crippen molar-refractivity contribution in [2.75, 3.05) is 0 Å². The van der Waals surface area contributed by atoms with Crippen LogP contribution in [0.1, 0.15) is 95.7 Å². The molecule has 0 heterocycles. The van der Waals surface area contributed by atoms with Gasteiger partial charge in [-0.2, -0.15) is 0 Å². The van der Waals surface area contributed by atoms with E-state index in [0.29, 0.717) is 5.75 Å². The summed E-state index contributed by atoms with van der Waals surface area (Å²) >= 11 is 0. The molecule has 0 atom stereocenters. The van der Waals surface area contributed by atoms with Crippen LogP contribution in [-0.4, -0.2) is 15.3 Å². The van der Waals surface area contributed by atoms with Gasteiger partial charge in [-0.15, -0.1) is 0 Å². The number of aromatic hydroxyl groups is 3. The first-order chi connectivity index (χ1) is 16.2. The molecular weight excluding hydrogens is 444 g/mol. The van der Waals surface area contributed by atoms with Crippen molar-refractivity contribution in [3.8, 4) is 17.2 Å². The van der Waals surface area contributed by atoms with Gasteiger partial charge in [-0.25, -0.2) is 0 Å². The molecule has 3 N–H and O–H groups in total. The van der Waals surface area contributed by atoms with Crippen LogP contribution in [0.25, 0.3) is 0 Å². The topological polar surface area (TPSA) is 60.7 Å². The van der Waals surface area contributed by atoms with Gasteiger partial charge in [-0.1, -0.05) is 98.7 Å². The second kappa shape index (κ2) is 11.9. The van der Waals surface area contributed by atoms with Crippen LogP contribution in [0.5, 0.6) is 17.2 Å². The molecule has 0 radical (unpaired) electrons. The molecule has 0 saturated carbocycles. The first-order valence-electron chi connectivity index (χ1n) is 12.6. The Labute approximate surface area is 219 Å². The number of hydrogen-bond acceptors (Lipinski definition) is 3. The number of phenols is 3. The van der Waals surface area contributed by atoms with Crippen LogP contribution in [0.3, 0.4) is 0 Å². The molecule has 0 spiro atoms. The molecule has 3 aromatic rings. The normalized spacial score (nSPS) is 11.7. The molecule has 0 amide bonds. The average Bonchev–Trinajstić information content (AvgIpc) is 2.72. The van der Waals surface area contributed by atoms with Crippen molar-refractivity contribution in [3.05, 3.63) is 88.0 Å². The SMILES string of the molecule is CC(C)(C)c1ccc(O)c(O)c1.Cc1cc(C(C)(C)C)ccc1O.Cc1ccc(C(C)(C)C)cc1C. The minimum absolute atomic E-state index is 0.00514. The number of phenolic OH excluding ortho intramolecular Hbond substituents is 3. The minimum Gasteiger partial charge on any atom is -0.508 e. The van der Waals surface area contributed by atoms with Gasteiger partial charge in [0.1, 0.15) is 5.75 Å². The fourth-order valence-corrected chi connectivity index (χ4v) is 3.32. The van der Waals surface area contributed by atoms with Gasteiger partial charge in [0.25, 0.3) is 0 Å². The van der Waals surface area contributed by atoms with E-state index in [-0.39, 0.29) is 27.7 Å². The molecule has 0 bridgehead atoms. The molecule has 0 aliphatic heterocycles. The van der Waals surface area contributed by atoms with Crippen LogP contribution < -0.4 is 0 Å². The van der Waals surface area contributed by atoms with Gasteiger partial charge in [-0.05, 0) is 88.6 Å². The van der Waals surface area contributed by atoms with Crippen molar-refractivity contribution < 1.29 is 15.3 Å². The van der Waals surface area contributed by atoms with Crippen LogP contribution in [0, 0.1) is 20.8 Å². The molecule has 3 nitrogen and oxygen atoms in total. The summed E-state index contributed by atoms with van der Waals surface area (Å²) in [6, 6.07) is 17.4. The third-order valence-corrected chi connectivity index (χ3v) is 6.28. The molecule has 3 aromatic carbocycles. The third-order valence-electron chi connectivity index (χ3n) is 6.28. The summed E-state index contributed by atoms with van der Waals surface area (Å²) in [5.41, 5.74) is 7.86. The van der Waals surface area contributed by atoms with Crippen LogP contribution in [-0.2, 0) is 16.2 Å².